The van der Waals surface area contributed by atoms with Crippen LogP contribution in [0.4, 0.5) is 31.1 Å². The minimum absolute atomic E-state index is 0.167. The van der Waals surface area contributed by atoms with Gasteiger partial charge in [0.2, 0.25) is 0 Å². The van der Waals surface area contributed by atoms with Gasteiger partial charge in [0.1, 0.15) is 10.5 Å². The molecular formula is C20H17F6N3O5S2. The minimum atomic E-state index is -5.46. The Hall–Kier alpha value is -3.27. The number of alkyl halides is 6. The quantitative estimate of drug-likeness (QED) is 0.430. The van der Waals surface area contributed by atoms with Crippen molar-refractivity contribution >= 4 is 39.0 Å². The van der Waals surface area contributed by atoms with E-state index in [0.29, 0.717) is 5.56 Å². The molecule has 1 saturated heterocycles. The summed E-state index contributed by atoms with van der Waals surface area (Å²) >= 11 is 5.32. The van der Waals surface area contributed by atoms with Gasteiger partial charge in [-0.25, -0.2) is 18.0 Å². The third-order valence-corrected chi connectivity index (χ3v) is 7.19. The van der Waals surface area contributed by atoms with Crippen molar-refractivity contribution in [3.8, 4) is 0 Å². The van der Waals surface area contributed by atoms with Gasteiger partial charge < -0.3 is 10.0 Å². The number of urea groups is 1. The predicted molar refractivity (Wildman–Crippen MR) is 116 cm³/mol. The number of sulfone groups is 1. The summed E-state index contributed by atoms with van der Waals surface area (Å²) < 4.78 is 93.2. The first-order chi connectivity index (χ1) is 16.3. The molecule has 8 nitrogen and oxygen atoms in total. The van der Waals surface area contributed by atoms with Gasteiger partial charge in [0.05, 0.1) is 4.90 Å². The van der Waals surface area contributed by atoms with Gasteiger partial charge in [-0.2, -0.15) is 26.3 Å². The van der Waals surface area contributed by atoms with E-state index in [-0.39, 0.29) is 11.5 Å². The predicted octanol–water partition coefficient (Wildman–Crippen LogP) is 4.08. The molecule has 0 saturated carbocycles. The number of hydrogen-bond acceptors (Lipinski definition) is 6. The summed E-state index contributed by atoms with van der Waals surface area (Å²) in [5, 5.41) is 9.69. The monoisotopic (exact) mass is 557 g/mol. The number of carboxylic acid groups (broad SMARTS) is 1. The number of rotatable bonds is 4. The van der Waals surface area contributed by atoms with Gasteiger partial charge in [0.15, 0.2) is 0 Å². The minimum Gasteiger partial charge on any atom is -0.475 e. The van der Waals surface area contributed by atoms with Crippen molar-refractivity contribution in [2.24, 2.45) is 0 Å². The molecular weight excluding hydrogens is 540 g/mol. The maximum Gasteiger partial charge on any atom is 0.501 e. The van der Waals surface area contributed by atoms with Crippen LogP contribution in [0.15, 0.2) is 47.6 Å². The highest BCUT2D eigenvalue weighted by Crippen LogP contribution is 2.37. The molecule has 196 valence electrons. The number of thiocarbonyl (C=S) groups is 1. The summed E-state index contributed by atoms with van der Waals surface area (Å²) in [7, 11) is -5.46. The maximum absolute atomic E-state index is 12.8. The first kappa shape index (κ1) is 29.0. The summed E-state index contributed by atoms with van der Waals surface area (Å²) in [5.74, 6) is -2.76. The van der Waals surface area contributed by atoms with Gasteiger partial charge in [-0.05, 0) is 48.7 Å². The topological polar surface area (TPSA) is 117 Å². The normalized spacial score (nSPS) is 18.4. The smallest absolute Gasteiger partial charge is 0.475 e. The number of carboxylic acids is 1. The molecule has 0 radical (unpaired) electrons. The summed E-state index contributed by atoms with van der Waals surface area (Å²) in [6.07, 6.45) is -1.85. The van der Waals surface area contributed by atoms with Gasteiger partial charge in [-0.3, -0.25) is 10.3 Å². The fourth-order valence-electron chi connectivity index (χ4n) is 3.07. The lowest BCUT2D eigenvalue weighted by molar-refractivity contribution is -0.192. The number of aliphatic carboxylic acids is 1. The molecule has 0 aliphatic carbocycles. The molecule has 0 bridgehead atoms. The lowest BCUT2D eigenvalue weighted by Crippen LogP contribution is -2.43. The largest absolute Gasteiger partial charge is 0.501 e. The number of aryl methyl sites for hydroxylation is 1. The van der Waals surface area contributed by atoms with Gasteiger partial charge in [0, 0.05) is 18.9 Å². The lowest BCUT2D eigenvalue weighted by Gasteiger charge is -2.34. The van der Waals surface area contributed by atoms with Crippen LogP contribution in [0.1, 0.15) is 23.6 Å². The van der Waals surface area contributed by atoms with Gasteiger partial charge in [-0.1, -0.05) is 24.4 Å². The molecule has 2 amide bonds. The van der Waals surface area contributed by atoms with Crippen molar-refractivity contribution < 1.29 is 49.5 Å². The Morgan fingerprint density at radius 3 is 2.11 bits per heavy atom. The van der Waals surface area contributed by atoms with Crippen LogP contribution in [0.3, 0.4) is 0 Å². The number of carbonyl (C=O) groups is 2. The Bertz CT molecular complexity index is 1280. The van der Waals surface area contributed by atoms with Gasteiger partial charge in [0.25, 0.3) is 9.84 Å². The summed E-state index contributed by atoms with van der Waals surface area (Å²) in [4.78, 5) is 26.2. The molecule has 1 aromatic heterocycles. The number of pyridine rings is 1. The number of nitrogens with one attached hydrogen (secondary N) is 1. The van der Waals surface area contributed by atoms with Crippen molar-refractivity contribution in [2.45, 2.75) is 42.5 Å². The summed E-state index contributed by atoms with van der Waals surface area (Å²) in [6.45, 7) is 3.67. The first-order valence-corrected chi connectivity index (χ1v) is 11.5. The van der Waals surface area contributed by atoms with E-state index >= 15 is 0 Å². The zero-order valence-corrected chi connectivity index (χ0v) is 19.9. The molecule has 1 fully saturated rings. The highest BCUT2D eigenvalue weighted by Gasteiger charge is 2.49. The fraction of sp³-hybridized carbons (Fsp3) is 0.300. The van der Waals surface area contributed by atoms with Crippen LogP contribution in [0, 0.1) is 6.92 Å². The zero-order valence-electron chi connectivity index (χ0n) is 18.3. The third-order valence-electron chi connectivity index (χ3n) is 5.19. The molecule has 1 aliphatic rings. The molecule has 2 aromatic rings. The van der Waals surface area contributed by atoms with Crippen LogP contribution < -0.4 is 5.32 Å². The Kier molecular flexibility index (Phi) is 8.05. The molecule has 16 heteroatoms. The Morgan fingerprint density at radius 2 is 1.67 bits per heavy atom. The number of hydrogen-bond donors (Lipinski definition) is 2. The average molecular weight is 557 g/mol. The summed E-state index contributed by atoms with van der Waals surface area (Å²) in [6, 6.07) is 5.49. The van der Waals surface area contributed by atoms with E-state index in [1.165, 1.54) is 17.0 Å². The van der Waals surface area contributed by atoms with Crippen LogP contribution >= 0.6 is 12.2 Å². The van der Waals surface area contributed by atoms with E-state index in [0.717, 1.165) is 23.3 Å². The highest BCUT2D eigenvalue weighted by molar-refractivity contribution is 7.92. The molecule has 36 heavy (non-hydrogen) atoms. The van der Waals surface area contributed by atoms with Crippen LogP contribution in [0.5, 0.6) is 0 Å². The second-order valence-corrected chi connectivity index (χ2v) is 9.85. The van der Waals surface area contributed by atoms with Crippen molar-refractivity contribution in [1.82, 2.24) is 15.2 Å². The molecule has 1 aromatic carbocycles. The number of aromatic nitrogens is 1. The Morgan fingerprint density at radius 1 is 1.14 bits per heavy atom. The van der Waals surface area contributed by atoms with Gasteiger partial charge >= 0.3 is 23.7 Å². The SMILES string of the molecule is Cc1cnccc1CN1C(=O)NC(=S)[C@@]1(C)c1ccc(S(=O)(=O)C(F)(F)F)cc1.O=C(O)C(F)(F)F. The van der Waals surface area contributed by atoms with Crippen LogP contribution in [-0.2, 0) is 26.7 Å². The number of benzene rings is 1. The number of halogens is 6. The lowest BCUT2D eigenvalue weighted by atomic mass is 9.90. The summed E-state index contributed by atoms with van der Waals surface area (Å²) in [5.41, 5.74) is -4.50. The van der Waals surface area contributed by atoms with Crippen LogP contribution in [0.25, 0.3) is 0 Å². The van der Waals surface area contributed by atoms with Crippen molar-refractivity contribution in [2.75, 3.05) is 0 Å². The average Bonchev–Trinajstić information content (AvgIpc) is 2.98. The third kappa shape index (κ3) is 5.75. The number of nitrogens with zero attached hydrogens (tertiary/aromatic N) is 2. The Labute approximate surface area is 205 Å². The fourth-order valence-corrected chi connectivity index (χ4v) is 4.15. The van der Waals surface area contributed by atoms with Crippen molar-refractivity contribution in [3.05, 3.63) is 59.4 Å². The number of carbonyl (C=O) groups excluding carboxylic acids is 1. The van der Waals surface area contributed by atoms with Crippen molar-refractivity contribution in [3.63, 3.8) is 0 Å². The molecule has 1 aliphatic heterocycles. The first-order valence-electron chi connectivity index (χ1n) is 9.58. The van der Waals surface area contributed by atoms with Gasteiger partial charge in [-0.15, -0.1) is 0 Å². The molecule has 2 N–H and O–H groups in total. The second-order valence-electron chi connectivity index (χ2n) is 7.50. The van der Waals surface area contributed by atoms with E-state index < -0.39 is 44.0 Å². The molecule has 3 rings (SSSR count). The van der Waals surface area contributed by atoms with Crippen LogP contribution in [-0.4, -0.2) is 52.1 Å². The molecule has 2 heterocycles. The maximum atomic E-state index is 12.8. The van der Waals surface area contributed by atoms with Crippen molar-refractivity contribution in [1.29, 1.82) is 0 Å². The highest BCUT2D eigenvalue weighted by atomic mass is 32.2. The second kappa shape index (κ2) is 10.0. The number of amides is 2. The van der Waals surface area contributed by atoms with E-state index in [4.69, 9.17) is 22.1 Å². The standard InChI is InChI=1S/C18H16F3N3O3S2.C2HF3O2/c1-11-9-22-8-7-12(11)10-24-16(25)23-15(28)17(24,2)13-3-5-14(6-4-13)29(26,27)18(19,20)21;3-2(4,5)1(6)7/h3-9H,10H2,1-2H3,(H,23,25,28);(H,6,7)/t17-;/m1./s1. The van der Waals surface area contributed by atoms with E-state index in [9.17, 15) is 39.6 Å². The van der Waals surface area contributed by atoms with E-state index in [2.05, 4.69) is 10.3 Å². The molecule has 1 atom stereocenters. The Balaban J connectivity index is 0.000000572. The van der Waals surface area contributed by atoms with E-state index in [1.54, 1.807) is 25.4 Å². The molecule has 0 spiro atoms. The van der Waals surface area contributed by atoms with Crippen LogP contribution in [0.2, 0.25) is 0 Å². The molecule has 0 unspecified atom stereocenters. The van der Waals surface area contributed by atoms with E-state index in [1.807, 2.05) is 6.92 Å². The zero-order chi connectivity index (χ0) is 27.7.